The van der Waals surface area contributed by atoms with Gasteiger partial charge in [-0.2, -0.15) is 9.78 Å². The maximum atomic E-state index is 12.9. The van der Waals surface area contributed by atoms with Gasteiger partial charge in [-0.1, -0.05) is 49.2 Å². The monoisotopic (exact) mass is 420 g/mol. The lowest BCUT2D eigenvalue weighted by molar-refractivity contribution is 0.0955. The topological polar surface area (TPSA) is 98.2 Å². The molecule has 2 aromatic heterocycles. The van der Waals surface area contributed by atoms with Crippen molar-refractivity contribution in [3.63, 3.8) is 0 Å². The van der Waals surface area contributed by atoms with E-state index in [9.17, 15) is 4.79 Å². The molecule has 0 fully saturated rings. The molecule has 2 aromatic carbocycles. The molecule has 0 saturated heterocycles. The van der Waals surface area contributed by atoms with Gasteiger partial charge in [0, 0.05) is 11.6 Å². The second-order valence-electron chi connectivity index (χ2n) is 6.87. The van der Waals surface area contributed by atoms with Crippen molar-refractivity contribution < 1.29 is 4.79 Å². The lowest BCUT2D eigenvalue weighted by Gasteiger charge is -2.04. The largest absolute Gasteiger partial charge is 0.383 e. The zero-order chi connectivity index (χ0) is 21.1. The van der Waals surface area contributed by atoms with Crippen LogP contribution in [0.4, 0.5) is 5.82 Å². The maximum Gasteiger partial charge on any atom is 0.257 e. The number of unbranched alkanes of at least 4 members (excludes halogenated alkanes) is 1. The number of rotatable bonds is 6. The number of fused-ring (bicyclic) bond motifs is 2. The molecule has 0 spiro atoms. The average molecular weight is 421 g/mol. The Bertz CT molecular complexity index is 1260. The highest BCUT2D eigenvalue weighted by molar-refractivity contribution is 6.30. The summed E-state index contributed by atoms with van der Waals surface area (Å²) in [5, 5.41) is 7.99. The number of hydrogen-bond acceptors (Lipinski definition) is 5. The molecule has 8 heteroatoms. The Morgan fingerprint density at radius 3 is 2.70 bits per heavy atom. The fourth-order valence-corrected chi connectivity index (χ4v) is 3.37. The number of nitrogens with two attached hydrogens (primary N) is 1. The fraction of sp³-hybridized carbons (Fsp3) is 0.182. The normalized spacial score (nSPS) is 11.5. The number of carbonyl (C=O) groups excluding carboxylic acids is 1. The highest BCUT2D eigenvalue weighted by Crippen LogP contribution is 2.27. The van der Waals surface area contributed by atoms with E-state index in [1.165, 1.54) is 4.68 Å². The minimum atomic E-state index is -0.285. The Morgan fingerprint density at radius 2 is 1.97 bits per heavy atom. The summed E-state index contributed by atoms with van der Waals surface area (Å²) in [4.78, 5) is 22.2. The van der Waals surface area contributed by atoms with Crippen molar-refractivity contribution in [1.82, 2.24) is 20.0 Å². The molecule has 7 nitrogen and oxygen atoms in total. The molecule has 0 aliphatic rings. The molecule has 152 valence electrons. The van der Waals surface area contributed by atoms with Crippen LogP contribution < -0.4 is 11.1 Å². The average Bonchev–Trinajstić information content (AvgIpc) is 3.01. The van der Waals surface area contributed by atoms with Gasteiger partial charge in [-0.25, -0.2) is 9.97 Å². The smallest absolute Gasteiger partial charge is 0.257 e. The predicted molar refractivity (Wildman–Crippen MR) is 121 cm³/mol. The molecule has 0 aliphatic carbocycles. The molecule has 0 atom stereocenters. The lowest BCUT2D eigenvalue weighted by atomic mass is 10.2. The van der Waals surface area contributed by atoms with Crippen LogP contribution in [0.3, 0.4) is 0 Å². The lowest BCUT2D eigenvalue weighted by Crippen LogP contribution is -2.25. The number of nitrogens with zero attached hydrogens (tertiary/aromatic N) is 4. The molecule has 2 heterocycles. The van der Waals surface area contributed by atoms with Crippen molar-refractivity contribution in [3.8, 4) is 0 Å². The van der Waals surface area contributed by atoms with Crippen LogP contribution in [-0.4, -0.2) is 33.3 Å². The maximum absolute atomic E-state index is 12.9. The van der Waals surface area contributed by atoms with Crippen LogP contribution in [0.2, 0.25) is 5.02 Å². The second-order valence-corrected chi connectivity index (χ2v) is 7.30. The number of aromatic nitrogens is 3. The predicted octanol–water partition coefficient (Wildman–Crippen LogP) is 4.23. The molecule has 4 aromatic rings. The number of nitrogen functional groups attached to an aromatic ring is 1. The number of halogens is 1. The van der Waals surface area contributed by atoms with Crippen molar-refractivity contribution in [2.45, 2.75) is 19.8 Å². The van der Waals surface area contributed by atoms with Crippen LogP contribution >= 0.6 is 11.6 Å². The van der Waals surface area contributed by atoms with Gasteiger partial charge in [0.15, 0.2) is 5.65 Å². The molecule has 0 aliphatic heterocycles. The molecule has 3 N–H and O–H groups in total. The van der Waals surface area contributed by atoms with Crippen LogP contribution in [0, 0.1) is 0 Å². The summed E-state index contributed by atoms with van der Waals surface area (Å²) in [7, 11) is 0. The van der Waals surface area contributed by atoms with Crippen molar-refractivity contribution >= 4 is 51.7 Å². The minimum Gasteiger partial charge on any atom is -0.383 e. The van der Waals surface area contributed by atoms with Crippen LogP contribution in [-0.2, 0) is 0 Å². The van der Waals surface area contributed by atoms with E-state index in [4.69, 9.17) is 17.3 Å². The third-order valence-corrected chi connectivity index (χ3v) is 4.92. The van der Waals surface area contributed by atoms with Crippen molar-refractivity contribution in [1.29, 1.82) is 0 Å². The van der Waals surface area contributed by atoms with E-state index >= 15 is 0 Å². The molecular formula is C22H21ClN6O. The van der Waals surface area contributed by atoms with Gasteiger partial charge in [0.05, 0.1) is 17.2 Å². The number of anilines is 1. The van der Waals surface area contributed by atoms with Crippen LogP contribution in [0.1, 0.15) is 35.7 Å². The summed E-state index contributed by atoms with van der Waals surface area (Å²) in [5.41, 5.74) is 9.66. The number of benzene rings is 2. The van der Waals surface area contributed by atoms with Crippen molar-refractivity contribution in [2.75, 3.05) is 12.3 Å². The van der Waals surface area contributed by atoms with E-state index in [1.807, 2.05) is 36.4 Å². The first-order valence-corrected chi connectivity index (χ1v) is 10.1. The van der Waals surface area contributed by atoms with Crippen molar-refractivity contribution in [2.24, 2.45) is 5.10 Å². The molecule has 0 bridgehead atoms. The molecule has 0 saturated carbocycles. The Kier molecular flexibility index (Phi) is 5.63. The molecular weight excluding hydrogens is 400 g/mol. The summed E-state index contributed by atoms with van der Waals surface area (Å²) in [6.45, 7) is 2.63. The number of amides is 1. The zero-order valence-electron chi connectivity index (χ0n) is 16.5. The SMILES string of the molecule is CCCCNC(=O)c1c(N)n(/N=C\c2cccc(Cl)c2)c2nc3ccccc3nc12. The van der Waals surface area contributed by atoms with Gasteiger partial charge in [-0.15, -0.1) is 0 Å². The van der Waals surface area contributed by atoms with Gasteiger partial charge in [-0.05, 0) is 36.2 Å². The fourth-order valence-electron chi connectivity index (χ4n) is 3.17. The highest BCUT2D eigenvalue weighted by Gasteiger charge is 2.23. The van der Waals surface area contributed by atoms with Crippen LogP contribution in [0.15, 0.2) is 53.6 Å². The number of hydrogen-bond donors (Lipinski definition) is 2. The van der Waals surface area contributed by atoms with Gasteiger partial charge >= 0.3 is 0 Å². The number of carbonyl (C=O) groups is 1. The summed E-state index contributed by atoms with van der Waals surface area (Å²) in [6.07, 6.45) is 3.48. The third-order valence-electron chi connectivity index (χ3n) is 4.69. The first kappa shape index (κ1) is 19.8. The van der Waals surface area contributed by atoms with Gasteiger partial charge in [0.2, 0.25) is 0 Å². The van der Waals surface area contributed by atoms with Crippen LogP contribution in [0.5, 0.6) is 0 Å². The third kappa shape index (κ3) is 3.84. The zero-order valence-corrected chi connectivity index (χ0v) is 17.2. The van der Waals surface area contributed by atoms with Gasteiger partial charge in [-0.3, -0.25) is 4.79 Å². The van der Waals surface area contributed by atoms with E-state index in [2.05, 4.69) is 27.3 Å². The second kappa shape index (κ2) is 8.51. The molecule has 0 unspecified atom stereocenters. The Morgan fingerprint density at radius 1 is 1.20 bits per heavy atom. The van der Waals surface area contributed by atoms with Gasteiger partial charge < -0.3 is 11.1 Å². The summed E-state index contributed by atoms with van der Waals surface area (Å²) in [6, 6.07) is 14.7. The highest BCUT2D eigenvalue weighted by atomic mass is 35.5. The Balaban J connectivity index is 1.86. The first-order chi connectivity index (χ1) is 14.6. The quantitative estimate of drug-likeness (QED) is 0.360. The van der Waals surface area contributed by atoms with E-state index in [1.54, 1.807) is 18.3 Å². The Hall–Kier alpha value is -3.45. The molecule has 1 amide bonds. The van der Waals surface area contributed by atoms with E-state index in [0.717, 1.165) is 18.4 Å². The molecule has 4 rings (SSSR count). The first-order valence-electron chi connectivity index (χ1n) is 9.73. The van der Waals surface area contributed by atoms with Crippen LogP contribution in [0.25, 0.3) is 22.2 Å². The van der Waals surface area contributed by atoms with E-state index in [0.29, 0.717) is 33.8 Å². The van der Waals surface area contributed by atoms with E-state index in [-0.39, 0.29) is 17.3 Å². The summed E-state index contributed by atoms with van der Waals surface area (Å²) >= 11 is 6.06. The van der Waals surface area contributed by atoms with Gasteiger partial charge in [0.25, 0.3) is 5.91 Å². The van der Waals surface area contributed by atoms with Gasteiger partial charge in [0.1, 0.15) is 16.9 Å². The number of para-hydroxylation sites is 2. The number of nitrogens with one attached hydrogen (secondary N) is 1. The summed E-state index contributed by atoms with van der Waals surface area (Å²) in [5.74, 6) is -0.0974. The standard InChI is InChI=1S/C22H21ClN6O/c1-2-3-11-25-22(30)18-19-21(28-17-10-5-4-9-16(17)27-19)29(20(18)24)26-13-14-7-6-8-15(23)12-14/h4-10,12-13H,2-3,11,24H2,1H3,(H,25,30)/b26-13-. The van der Waals surface area contributed by atoms with E-state index < -0.39 is 0 Å². The minimum absolute atomic E-state index is 0.188. The Labute approximate surface area is 178 Å². The molecule has 0 radical (unpaired) electrons. The van der Waals surface area contributed by atoms with Crippen molar-refractivity contribution in [3.05, 3.63) is 64.7 Å². The summed E-state index contributed by atoms with van der Waals surface area (Å²) < 4.78 is 1.45. The molecule has 30 heavy (non-hydrogen) atoms.